The summed E-state index contributed by atoms with van der Waals surface area (Å²) in [6, 6.07) is 3.50. The number of aryl methyl sites for hydroxylation is 1. The van der Waals surface area contributed by atoms with Gasteiger partial charge in [0, 0.05) is 30.9 Å². The van der Waals surface area contributed by atoms with Crippen LogP contribution in [0.1, 0.15) is 25.0 Å². The fraction of sp³-hybridized carbons (Fsp3) is 0.286. The zero-order valence-electron chi connectivity index (χ0n) is 16.5. The fourth-order valence-corrected chi connectivity index (χ4v) is 3.06. The van der Waals surface area contributed by atoms with Crippen molar-refractivity contribution in [1.82, 2.24) is 19.7 Å². The molecule has 28 heavy (non-hydrogen) atoms. The fourth-order valence-electron chi connectivity index (χ4n) is 3.06. The van der Waals surface area contributed by atoms with Gasteiger partial charge in [0.2, 0.25) is 0 Å². The average Bonchev–Trinajstić information content (AvgIpc) is 2.68. The Morgan fingerprint density at radius 1 is 1.25 bits per heavy atom. The van der Waals surface area contributed by atoms with E-state index < -0.39 is 0 Å². The van der Waals surface area contributed by atoms with E-state index in [0.29, 0.717) is 35.7 Å². The van der Waals surface area contributed by atoms with Gasteiger partial charge in [-0.05, 0) is 51.1 Å². The maximum atomic E-state index is 13.0. The number of allylic oxidation sites excluding steroid dienone is 5. The molecular formula is C21H25N5O2. The first-order valence-corrected chi connectivity index (χ1v) is 9.19. The second kappa shape index (κ2) is 8.22. The highest BCUT2D eigenvalue weighted by Gasteiger charge is 2.21. The van der Waals surface area contributed by atoms with Crippen LogP contribution in [0.3, 0.4) is 0 Å². The number of hydrogen-bond donors (Lipinski definition) is 2. The second-order valence-corrected chi connectivity index (χ2v) is 6.95. The summed E-state index contributed by atoms with van der Waals surface area (Å²) < 4.78 is 2.84. The highest BCUT2D eigenvalue weighted by molar-refractivity contribution is 5.63. The SMILES string of the molecule is C=C/C(=C\C=C(C)C)n1nc(Nc2cccn(C)c2=O)c2c(c1=O)CNCC2. The molecule has 0 saturated carbocycles. The summed E-state index contributed by atoms with van der Waals surface area (Å²) in [5.41, 5.74) is 3.24. The van der Waals surface area contributed by atoms with Crippen molar-refractivity contribution in [2.24, 2.45) is 7.05 Å². The van der Waals surface area contributed by atoms with Crippen LogP contribution in [-0.2, 0) is 20.0 Å². The topological polar surface area (TPSA) is 81.0 Å². The molecule has 146 valence electrons. The highest BCUT2D eigenvalue weighted by Crippen LogP contribution is 2.22. The van der Waals surface area contributed by atoms with Gasteiger partial charge in [-0.1, -0.05) is 18.2 Å². The molecule has 0 spiro atoms. The van der Waals surface area contributed by atoms with Gasteiger partial charge in [0.25, 0.3) is 11.1 Å². The molecule has 0 fully saturated rings. The van der Waals surface area contributed by atoms with Gasteiger partial charge in [-0.25, -0.2) is 0 Å². The summed E-state index contributed by atoms with van der Waals surface area (Å²) in [6.07, 6.45) is 7.67. The Morgan fingerprint density at radius 2 is 2.04 bits per heavy atom. The van der Waals surface area contributed by atoms with Crippen molar-refractivity contribution in [3.05, 3.63) is 80.5 Å². The van der Waals surface area contributed by atoms with E-state index >= 15 is 0 Å². The third kappa shape index (κ3) is 3.89. The summed E-state index contributed by atoms with van der Waals surface area (Å²) in [5, 5.41) is 10.9. The van der Waals surface area contributed by atoms with Gasteiger partial charge in [-0.3, -0.25) is 9.59 Å². The first-order valence-electron chi connectivity index (χ1n) is 9.19. The molecule has 0 aliphatic carbocycles. The number of fused-ring (bicyclic) bond motifs is 1. The molecule has 1 aliphatic rings. The van der Waals surface area contributed by atoms with Crippen molar-refractivity contribution in [2.75, 3.05) is 11.9 Å². The predicted molar refractivity (Wildman–Crippen MR) is 113 cm³/mol. The van der Waals surface area contributed by atoms with E-state index in [1.54, 1.807) is 31.5 Å². The van der Waals surface area contributed by atoms with Crippen LogP contribution < -0.4 is 21.8 Å². The first-order chi connectivity index (χ1) is 13.4. The summed E-state index contributed by atoms with van der Waals surface area (Å²) in [4.78, 5) is 25.5. The van der Waals surface area contributed by atoms with E-state index in [-0.39, 0.29) is 11.1 Å². The Labute approximate surface area is 163 Å². The van der Waals surface area contributed by atoms with Crippen molar-refractivity contribution in [3.63, 3.8) is 0 Å². The predicted octanol–water partition coefficient (Wildman–Crippen LogP) is 2.32. The van der Waals surface area contributed by atoms with Crippen LogP contribution >= 0.6 is 0 Å². The molecule has 7 nitrogen and oxygen atoms in total. The van der Waals surface area contributed by atoms with E-state index in [0.717, 1.165) is 17.7 Å². The van der Waals surface area contributed by atoms with Crippen LogP contribution in [0.2, 0.25) is 0 Å². The number of pyridine rings is 1. The minimum Gasteiger partial charge on any atom is -0.334 e. The molecule has 0 bridgehead atoms. The maximum Gasteiger partial charge on any atom is 0.276 e. The van der Waals surface area contributed by atoms with E-state index in [2.05, 4.69) is 22.3 Å². The van der Waals surface area contributed by atoms with Crippen LogP contribution in [0.5, 0.6) is 0 Å². The zero-order chi connectivity index (χ0) is 20.3. The van der Waals surface area contributed by atoms with Crippen molar-refractivity contribution in [3.8, 4) is 0 Å². The van der Waals surface area contributed by atoms with Crippen molar-refractivity contribution in [1.29, 1.82) is 0 Å². The van der Waals surface area contributed by atoms with E-state index in [4.69, 9.17) is 0 Å². The molecular weight excluding hydrogens is 354 g/mol. The van der Waals surface area contributed by atoms with Crippen LogP contribution in [-0.4, -0.2) is 20.9 Å². The standard InChI is InChI=1S/C21H25N5O2/c1-5-15(9-8-14(2)3)26-20(27)17-13-22-11-10-16(17)19(24-26)23-18-7-6-12-25(4)21(18)28/h5-9,12,22H,1,10-11,13H2,2-4H3,(H,23,24)/b15-9+. The number of nitrogens with one attached hydrogen (secondary N) is 2. The lowest BCUT2D eigenvalue weighted by Crippen LogP contribution is -2.36. The van der Waals surface area contributed by atoms with E-state index in [1.165, 1.54) is 9.25 Å². The molecule has 3 heterocycles. The molecule has 2 aromatic heterocycles. The summed E-state index contributed by atoms with van der Waals surface area (Å²) in [7, 11) is 1.69. The van der Waals surface area contributed by atoms with Gasteiger partial charge >= 0.3 is 0 Å². The Bertz CT molecular complexity index is 1080. The average molecular weight is 379 g/mol. The second-order valence-electron chi connectivity index (χ2n) is 6.95. The van der Waals surface area contributed by atoms with Crippen molar-refractivity contribution >= 4 is 17.2 Å². The van der Waals surface area contributed by atoms with Gasteiger partial charge in [0.05, 0.1) is 5.70 Å². The maximum absolute atomic E-state index is 13.0. The summed E-state index contributed by atoms with van der Waals surface area (Å²) >= 11 is 0. The molecule has 0 saturated heterocycles. The van der Waals surface area contributed by atoms with Gasteiger partial charge in [0.1, 0.15) is 5.69 Å². The molecule has 1 aliphatic heterocycles. The smallest absolute Gasteiger partial charge is 0.276 e. The number of rotatable bonds is 5. The van der Waals surface area contributed by atoms with E-state index in [9.17, 15) is 9.59 Å². The Hall–Kier alpha value is -3.19. The van der Waals surface area contributed by atoms with Gasteiger partial charge < -0.3 is 15.2 Å². The third-order valence-corrected chi connectivity index (χ3v) is 4.57. The van der Waals surface area contributed by atoms with Crippen molar-refractivity contribution in [2.45, 2.75) is 26.8 Å². The van der Waals surface area contributed by atoms with Crippen LogP contribution in [0.25, 0.3) is 5.70 Å². The molecule has 0 amide bonds. The van der Waals surface area contributed by atoms with Crippen LogP contribution in [0.15, 0.2) is 58.3 Å². The number of nitrogens with zero attached hydrogens (tertiary/aromatic N) is 3. The Balaban J connectivity index is 2.19. The highest BCUT2D eigenvalue weighted by atomic mass is 16.1. The Morgan fingerprint density at radius 3 is 2.75 bits per heavy atom. The quantitative estimate of drug-likeness (QED) is 0.780. The lowest BCUT2D eigenvalue weighted by molar-refractivity contribution is 0.621. The van der Waals surface area contributed by atoms with Crippen molar-refractivity contribution < 1.29 is 0 Å². The first kappa shape index (κ1) is 19.6. The van der Waals surface area contributed by atoms with E-state index in [1.807, 2.05) is 26.0 Å². The van der Waals surface area contributed by atoms with Gasteiger partial charge in [-0.2, -0.15) is 4.68 Å². The molecule has 0 aromatic carbocycles. The minimum absolute atomic E-state index is 0.159. The van der Waals surface area contributed by atoms with Gasteiger partial charge in [-0.15, -0.1) is 5.10 Å². The lowest BCUT2D eigenvalue weighted by Gasteiger charge is -2.21. The zero-order valence-corrected chi connectivity index (χ0v) is 16.5. The van der Waals surface area contributed by atoms with Crippen LogP contribution in [0.4, 0.5) is 11.5 Å². The lowest BCUT2D eigenvalue weighted by atomic mass is 10.0. The number of anilines is 2. The summed E-state index contributed by atoms with van der Waals surface area (Å²) in [6.45, 7) is 8.99. The Kier molecular flexibility index (Phi) is 5.75. The third-order valence-electron chi connectivity index (χ3n) is 4.57. The molecule has 0 radical (unpaired) electrons. The molecule has 2 aromatic rings. The molecule has 0 atom stereocenters. The molecule has 3 rings (SSSR count). The monoisotopic (exact) mass is 379 g/mol. The molecule has 2 N–H and O–H groups in total. The number of aromatic nitrogens is 3. The minimum atomic E-state index is -0.179. The largest absolute Gasteiger partial charge is 0.334 e. The van der Waals surface area contributed by atoms with Gasteiger partial charge in [0.15, 0.2) is 5.82 Å². The van der Waals surface area contributed by atoms with Crippen LogP contribution in [0, 0.1) is 0 Å². The normalized spacial score (nSPS) is 13.6. The summed E-state index contributed by atoms with van der Waals surface area (Å²) in [5.74, 6) is 0.518. The molecule has 7 heteroatoms. The molecule has 0 unspecified atom stereocenters. The number of hydrogen-bond acceptors (Lipinski definition) is 5.